The van der Waals surface area contributed by atoms with Crippen molar-refractivity contribution in [3.8, 4) is 16.9 Å². The van der Waals surface area contributed by atoms with E-state index in [-0.39, 0.29) is 23.6 Å². The van der Waals surface area contributed by atoms with Crippen LogP contribution in [0.1, 0.15) is 90.4 Å². The Balaban J connectivity index is 1.01. The number of amides is 1. The third-order valence-corrected chi connectivity index (χ3v) is 12.9. The van der Waals surface area contributed by atoms with E-state index in [4.69, 9.17) is 14.5 Å². The molecule has 1 aliphatic carbocycles. The standard InChI is InChI=1S/C46H51N5O6S/c1-29-32(10-8-13-37(29)56-28-30-17-19-46(25-30)20-23-50(24-21-46)27-40(52)53)33-15-16-39(48-41(33)43(55)57-45(2,3)4)51-22-18-31-9-7-11-34(35(31)26-51)42(54)49-44-47-36-12-5-6-14-38(36)58-44/h5-16,30H,17-28H2,1-4H3,(H,52,53)(H,47,49,54)/t30-/m1/s1. The van der Waals surface area contributed by atoms with Gasteiger partial charge in [-0.25, -0.2) is 14.8 Å². The molecule has 1 amide bonds. The molecule has 0 radical (unpaired) electrons. The number of likely N-dealkylation sites (tertiary alicyclic amines) is 1. The molecule has 3 aliphatic rings. The van der Waals surface area contributed by atoms with Gasteiger partial charge < -0.3 is 19.5 Å². The molecule has 8 rings (SSSR count). The smallest absolute Gasteiger partial charge is 0.358 e. The van der Waals surface area contributed by atoms with Gasteiger partial charge in [-0.3, -0.25) is 19.8 Å². The molecular weight excluding hydrogens is 751 g/mol. The molecule has 11 nitrogen and oxygen atoms in total. The number of piperidine rings is 1. The van der Waals surface area contributed by atoms with Gasteiger partial charge in [-0.2, -0.15) is 0 Å². The van der Waals surface area contributed by atoms with Crippen LogP contribution in [0.15, 0.2) is 72.8 Å². The van der Waals surface area contributed by atoms with Crippen molar-refractivity contribution in [1.82, 2.24) is 14.9 Å². The van der Waals surface area contributed by atoms with Gasteiger partial charge in [0.1, 0.15) is 17.2 Å². The Labute approximate surface area is 343 Å². The number of nitrogens with one attached hydrogen (secondary N) is 1. The van der Waals surface area contributed by atoms with Gasteiger partial charge in [-0.05, 0) is 149 Å². The first kappa shape index (κ1) is 39.5. The summed E-state index contributed by atoms with van der Waals surface area (Å²) in [5.41, 5.74) is 5.69. The molecule has 2 aliphatic heterocycles. The summed E-state index contributed by atoms with van der Waals surface area (Å²) in [5, 5.41) is 12.8. The number of carboxylic acids is 1. The summed E-state index contributed by atoms with van der Waals surface area (Å²) in [4.78, 5) is 52.7. The molecule has 2 N–H and O–H groups in total. The van der Waals surface area contributed by atoms with E-state index in [9.17, 15) is 19.5 Å². The number of para-hydroxylation sites is 1. The number of benzene rings is 3. The molecule has 5 aromatic rings. The SMILES string of the molecule is Cc1c(OC[C@@H]2CCC3(CCN(CC(=O)O)CC3)C2)cccc1-c1ccc(N2CCc3cccc(C(=O)Nc4nc5ccccc5s4)c3C2)nc1C(=O)OC(C)(C)C. The number of esters is 1. The van der Waals surface area contributed by atoms with Gasteiger partial charge in [-0.15, -0.1) is 0 Å². The molecule has 12 heteroatoms. The lowest BCUT2D eigenvalue weighted by Crippen LogP contribution is -2.41. The van der Waals surface area contributed by atoms with Crippen LogP contribution in [0.5, 0.6) is 5.75 Å². The lowest BCUT2D eigenvalue weighted by molar-refractivity contribution is -0.138. The second-order valence-electron chi connectivity index (χ2n) is 17.1. The van der Waals surface area contributed by atoms with Crippen LogP contribution in [0.25, 0.3) is 21.3 Å². The maximum Gasteiger partial charge on any atom is 0.358 e. The van der Waals surface area contributed by atoms with Crippen molar-refractivity contribution in [2.24, 2.45) is 11.3 Å². The van der Waals surface area contributed by atoms with Crippen LogP contribution in [-0.2, 0) is 22.5 Å². The van der Waals surface area contributed by atoms with Crippen molar-refractivity contribution in [3.63, 3.8) is 0 Å². The molecule has 1 saturated heterocycles. The molecule has 1 saturated carbocycles. The number of ether oxygens (including phenoxy) is 2. The molecule has 1 spiro atoms. The van der Waals surface area contributed by atoms with Gasteiger partial charge >= 0.3 is 11.9 Å². The third kappa shape index (κ3) is 8.59. The fourth-order valence-electron chi connectivity index (χ4n) is 8.97. The van der Waals surface area contributed by atoms with Crippen molar-refractivity contribution >= 4 is 50.3 Å². The largest absolute Gasteiger partial charge is 0.493 e. The minimum absolute atomic E-state index is 0.118. The van der Waals surface area contributed by atoms with Gasteiger partial charge in [0.25, 0.3) is 5.91 Å². The number of hydrogen-bond acceptors (Lipinski definition) is 10. The van der Waals surface area contributed by atoms with Crippen LogP contribution in [0.3, 0.4) is 0 Å². The van der Waals surface area contributed by atoms with Gasteiger partial charge in [-0.1, -0.05) is 47.7 Å². The fourth-order valence-corrected chi connectivity index (χ4v) is 9.83. The summed E-state index contributed by atoms with van der Waals surface area (Å²) < 4.78 is 13.5. The van der Waals surface area contributed by atoms with Crippen LogP contribution in [0, 0.1) is 18.3 Å². The van der Waals surface area contributed by atoms with E-state index in [1.54, 1.807) is 0 Å². The van der Waals surface area contributed by atoms with Crippen molar-refractivity contribution in [2.75, 3.05) is 43.0 Å². The van der Waals surface area contributed by atoms with Crippen LogP contribution in [-0.4, -0.2) is 76.2 Å². The number of carbonyl (C=O) groups is 3. The zero-order valence-corrected chi connectivity index (χ0v) is 34.5. The lowest BCUT2D eigenvalue weighted by Gasteiger charge is -2.39. The third-order valence-electron chi connectivity index (χ3n) is 12.0. The topological polar surface area (TPSA) is 134 Å². The molecule has 0 bridgehead atoms. The minimum Gasteiger partial charge on any atom is -0.493 e. The fraction of sp³-hybridized carbons (Fsp3) is 0.413. The zero-order valence-electron chi connectivity index (χ0n) is 33.7. The van der Waals surface area contributed by atoms with E-state index in [1.165, 1.54) is 11.3 Å². The number of carbonyl (C=O) groups excluding carboxylic acids is 2. The first-order valence-electron chi connectivity index (χ1n) is 20.3. The second-order valence-corrected chi connectivity index (χ2v) is 18.2. The minimum atomic E-state index is -0.761. The second kappa shape index (κ2) is 16.1. The molecule has 2 aromatic heterocycles. The Morgan fingerprint density at radius 3 is 2.50 bits per heavy atom. The highest BCUT2D eigenvalue weighted by Crippen LogP contribution is 2.49. The van der Waals surface area contributed by atoms with E-state index >= 15 is 0 Å². The molecule has 1 atom stereocenters. The number of pyridine rings is 1. The van der Waals surface area contributed by atoms with E-state index in [2.05, 4.69) is 21.3 Å². The molecule has 4 heterocycles. The van der Waals surface area contributed by atoms with E-state index in [1.807, 2.05) is 99.3 Å². The Hall–Kier alpha value is -5.33. The predicted octanol–water partition coefficient (Wildman–Crippen LogP) is 8.78. The Morgan fingerprint density at radius 2 is 1.72 bits per heavy atom. The number of carboxylic acid groups (broad SMARTS) is 1. The highest BCUT2D eigenvalue weighted by atomic mass is 32.1. The summed E-state index contributed by atoms with van der Waals surface area (Å²) in [6, 6.07) is 23.5. The van der Waals surface area contributed by atoms with Gasteiger partial charge in [0.15, 0.2) is 10.8 Å². The number of anilines is 2. The molecule has 3 aromatic carbocycles. The summed E-state index contributed by atoms with van der Waals surface area (Å²) >= 11 is 1.45. The molecular formula is C46H51N5O6S. The van der Waals surface area contributed by atoms with Gasteiger partial charge in [0.05, 0.1) is 23.4 Å². The molecule has 2 fully saturated rings. The van der Waals surface area contributed by atoms with Gasteiger partial charge in [0.2, 0.25) is 0 Å². The average molecular weight is 802 g/mol. The number of aromatic nitrogens is 2. The van der Waals surface area contributed by atoms with Crippen LogP contribution in [0.4, 0.5) is 10.9 Å². The summed E-state index contributed by atoms with van der Waals surface area (Å²) in [5.74, 6) is 0.362. The highest BCUT2D eigenvalue weighted by Gasteiger charge is 2.41. The number of thiazole rings is 1. The van der Waals surface area contributed by atoms with E-state index < -0.39 is 17.5 Å². The van der Waals surface area contributed by atoms with Crippen molar-refractivity contribution < 1.29 is 29.0 Å². The number of fused-ring (bicyclic) bond motifs is 2. The Morgan fingerprint density at radius 1 is 0.931 bits per heavy atom. The van der Waals surface area contributed by atoms with E-state index in [0.29, 0.717) is 54.1 Å². The Kier molecular flexibility index (Phi) is 11.0. The maximum absolute atomic E-state index is 14.0. The predicted molar refractivity (Wildman–Crippen MR) is 227 cm³/mol. The number of aliphatic carboxylic acids is 1. The number of rotatable bonds is 10. The zero-order chi connectivity index (χ0) is 40.6. The quantitative estimate of drug-likeness (QED) is 0.132. The van der Waals surface area contributed by atoms with E-state index in [0.717, 1.165) is 83.4 Å². The molecule has 58 heavy (non-hydrogen) atoms. The Bertz CT molecular complexity index is 2330. The average Bonchev–Trinajstić information content (AvgIpc) is 3.80. The molecule has 0 unspecified atom stereocenters. The normalized spacial score (nSPS) is 17.9. The van der Waals surface area contributed by atoms with Crippen LogP contribution in [0.2, 0.25) is 0 Å². The maximum atomic E-state index is 14.0. The summed E-state index contributed by atoms with van der Waals surface area (Å²) in [7, 11) is 0. The summed E-state index contributed by atoms with van der Waals surface area (Å²) in [6.07, 6.45) is 6.13. The lowest BCUT2D eigenvalue weighted by atomic mass is 9.76. The summed E-state index contributed by atoms with van der Waals surface area (Å²) in [6.45, 7) is 11.1. The number of nitrogens with zero attached hydrogens (tertiary/aromatic N) is 4. The van der Waals surface area contributed by atoms with Crippen molar-refractivity contribution in [3.05, 3.63) is 101 Å². The number of hydrogen-bond donors (Lipinski definition) is 2. The first-order valence-corrected chi connectivity index (χ1v) is 21.1. The monoisotopic (exact) mass is 801 g/mol. The van der Waals surface area contributed by atoms with Crippen LogP contribution < -0.4 is 15.0 Å². The van der Waals surface area contributed by atoms with Crippen LogP contribution >= 0.6 is 11.3 Å². The van der Waals surface area contributed by atoms with Gasteiger partial charge in [0, 0.05) is 24.2 Å². The van der Waals surface area contributed by atoms with Crippen molar-refractivity contribution in [2.45, 2.75) is 78.4 Å². The highest BCUT2D eigenvalue weighted by molar-refractivity contribution is 7.22. The first-order chi connectivity index (χ1) is 27.8. The van der Waals surface area contributed by atoms with Crippen molar-refractivity contribution in [1.29, 1.82) is 0 Å². The molecule has 302 valence electrons.